The van der Waals surface area contributed by atoms with E-state index in [-0.39, 0.29) is 18.2 Å². The summed E-state index contributed by atoms with van der Waals surface area (Å²) < 4.78 is 0. The molecule has 0 amide bonds. The van der Waals surface area contributed by atoms with Crippen LogP contribution in [0.2, 0.25) is 0 Å². The molecule has 0 aliphatic heterocycles. The van der Waals surface area contributed by atoms with Crippen molar-refractivity contribution in [3.63, 3.8) is 0 Å². The van der Waals surface area contributed by atoms with Crippen molar-refractivity contribution in [3.8, 4) is 0 Å². The molecule has 0 radical (unpaired) electrons. The van der Waals surface area contributed by atoms with Crippen LogP contribution in [0.4, 0.5) is 5.69 Å². The van der Waals surface area contributed by atoms with Crippen LogP contribution in [0.15, 0.2) is 42.5 Å². The zero-order chi connectivity index (χ0) is 14.8. The molecule has 1 aliphatic rings. The number of anilines is 1. The largest absolute Gasteiger partial charge is 0.396 e. The van der Waals surface area contributed by atoms with Crippen molar-refractivity contribution in [2.45, 2.75) is 6.42 Å². The van der Waals surface area contributed by atoms with Gasteiger partial charge in [0.15, 0.2) is 11.6 Å². The summed E-state index contributed by atoms with van der Waals surface area (Å²) in [6.45, 7) is 0.733. The molecule has 2 aromatic carbocycles. The van der Waals surface area contributed by atoms with Gasteiger partial charge < -0.3 is 10.4 Å². The van der Waals surface area contributed by atoms with Crippen LogP contribution < -0.4 is 5.32 Å². The molecule has 4 nitrogen and oxygen atoms in total. The molecule has 2 aromatic rings. The summed E-state index contributed by atoms with van der Waals surface area (Å²) in [5.41, 5.74) is 2.60. The average molecular weight is 281 g/mol. The third kappa shape index (κ3) is 2.34. The quantitative estimate of drug-likeness (QED) is 0.720. The Morgan fingerprint density at radius 2 is 1.48 bits per heavy atom. The van der Waals surface area contributed by atoms with Gasteiger partial charge in [0.25, 0.3) is 0 Å². The van der Waals surface area contributed by atoms with Gasteiger partial charge in [-0.3, -0.25) is 9.59 Å². The van der Waals surface area contributed by atoms with Crippen molar-refractivity contribution < 1.29 is 14.7 Å². The molecule has 0 atom stereocenters. The predicted molar refractivity (Wildman–Crippen MR) is 79.9 cm³/mol. The second-order valence-electron chi connectivity index (χ2n) is 4.97. The maximum absolute atomic E-state index is 12.5. The minimum absolute atomic E-state index is 0.109. The number of ketones is 2. The molecule has 1 aliphatic carbocycles. The normalized spacial score (nSPS) is 12.8. The molecule has 0 heterocycles. The van der Waals surface area contributed by atoms with Gasteiger partial charge in [-0.15, -0.1) is 0 Å². The first-order chi connectivity index (χ1) is 10.2. The smallest absolute Gasteiger partial charge is 0.194 e. The van der Waals surface area contributed by atoms with E-state index in [1.807, 2.05) is 0 Å². The lowest BCUT2D eigenvalue weighted by Gasteiger charge is -2.18. The Kier molecular flexibility index (Phi) is 3.54. The van der Waals surface area contributed by atoms with Crippen LogP contribution >= 0.6 is 0 Å². The highest BCUT2D eigenvalue weighted by atomic mass is 16.3. The fourth-order valence-electron chi connectivity index (χ4n) is 2.52. The molecular formula is C17H15NO3. The SMILES string of the molecule is O=C1c2ccccc2C(=O)c2cc(NCCCO)ccc21. The van der Waals surface area contributed by atoms with Gasteiger partial charge in [-0.1, -0.05) is 24.3 Å². The summed E-state index contributed by atoms with van der Waals surface area (Å²) in [4.78, 5) is 24.9. The van der Waals surface area contributed by atoms with Crippen LogP contribution in [-0.4, -0.2) is 29.8 Å². The minimum atomic E-state index is -0.119. The molecule has 106 valence electrons. The molecular weight excluding hydrogens is 266 g/mol. The molecule has 3 rings (SSSR count). The van der Waals surface area contributed by atoms with Gasteiger partial charge in [0.1, 0.15) is 0 Å². The van der Waals surface area contributed by atoms with E-state index in [2.05, 4.69) is 5.32 Å². The summed E-state index contributed by atoms with van der Waals surface area (Å²) >= 11 is 0. The maximum Gasteiger partial charge on any atom is 0.194 e. The van der Waals surface area contributed by atoms with Crippen molar-refractivity contribution in [1.29, 1.82) is 0 Å². The number of carbonyl (C=O) groups excluding carboxylic acids is 2. The van der Waals surface area contributed by atoms with Crippen molar-refractivity contribution in [2.75, 3.05) is 18.5 Å². The predicted octanol–water partition coefficient (Wildman–Crippen LogP) is 2.26. The summed E-state index contributed by atoms with van der Waals surface area (Å²) in [6.07, 6.45) is 0.632. The second kappa shape index (κ2) is 5.50. The number of aliphatic hydroxyl groups is 1. The highest BCUT2D eigenvalue weighted by Gasteiger charge is 2.29. The number of benzene rings is 2. The van der Waals surface area contributed by atoms with Crippen LogP contribution in [0.25, 0.3) is 0 Å². The van der Waals surface area contributed by atoms with Crippen LogP contribution in [0.1, 0.15) is 38.3 Å². The summed E-state index contributed by atoms with van der Waals surface area (Å²) in [7, 11) is 0. The van der Waals surface area contributed by atoms with E-state index in [0.29, 0.717) is 35.2 Å². The monoisotopic (exact) mass is 281 g/mol. The van der Waals surface area contributed by atoms with Crippen molar-refractivity contribution >= 4 is 17.3 Å². The van der Waals surface area contributed by atoms with Crippen molar-refractivity contribution in [1.82, 2.24) is 0 Å². The van der Waals surface area contributed by atoms with Gasteiger partial charge in [0.05, 0.1) is 0 Å². The third-order valence-electron chi connectivity index (χ3n) is 3.59. The van der Waals surface area contributed by atoms with E-state index in [4.69, 9.17) is 5.11 Å². The Morgan fingerprint density at radius 3 is 2.14 bits per heavy atom. The zero-order valence-electron chi connectivity index (χ0n) is 11.4. The van der Waals surface area contributed by atoms with Crippen LogP contribution in [-0.2, 0) is 0 Å². The molecule has 0 unspecified atom stereocenters. The highest BCUT2D eigenvalue weighted by molar-refractivity contribution is 6.28. The van der Waals surface area contributed by atoms with E-state index in [0.717, 1.165) is 5.69 Å². The Hall–Kier alpha value is -2.46. The number of fused-ring (bicyclic) bond motifs is 2. The van der Waals surface area contributed by atoms with E-state index in [1.54, 1.807) is 42.5 Å². The van der Waals surface area contributed by atoms with Gasteiger partial charge in [-0.05, 0) is 24.6 Å². The van der Waals surface area contributed by atoms with Gasteiger partial charge in [0, 0.05) is 41.1 Å². The first-order valence-corrected chi connectivity index (χ1v) is 6.89. The first kappa shape index (κ1) is 13.5. The van der Waals surface area contributed by atoms with Crippen molar-refractivity contribution in [2.24, 2.45) is 0 Å². The van der Waals surface area contributed by atoms with Gasteiger partial charge in [-0.25, -0.2) is 0 Å². The van der Waals surface area contributed by atoms with Crippen LogP contribution in [0.5, 0.6) is 0 Å². The van der Waals surface area contributed by atoms with Gasteiger partial charge >= 0.3 is 0 Å². The molecule has 0 spiro atoms. The topological polar surface area (TPSA) is 66.4 Å². The van der Waals surface area contributed by atoms with Gasteiger partial charge in [0.2, 0.25) is 0 Å². The number of hydrogen-bond acceptors (Lipinski definition) is 4. The van der Waals surface area contributed by atoms with E-state index < -0.39 is 0 Å². The fourth-order valence-corrected chi connectivity index (χ4v) is 2.52. The standard InChI is InChI=1S/C17H15NO3/c19-9-3-8-18-11-6-7-14-15(10-11)17(21)13-5-2-1-4-12(13)16(14)20/h1-2,4-7,10,18-19H,3,8-9H2. The average Bonchev–Trinajstić information content (AvgIpc) is 2.53. The summed E-state index contributed by atoms with van der Waals surface area (Å²) in [5.74, 6) is -0.229. The molecule has 0 saturated heterocycles. The van der Waals surface area contributed by atoms with Crippen LogP contribution in [0, 0.1) is 0 Å². The summed E-state index contributed by atoms with van der Waals surface area (Å²) in [6, 6.07) is 12.1. The summed E-state index contributed by atoms with van der Waals surface area (Å²) in [5, 5.41) is 11.9. The van der Waals surface area contributed by atoms with Crippen molar-refractivity contribution in [3.05, 3.63) is 64.7 Å². The van der Waals surface area contributed by atoms with Gasteiger partial charge in [-0.2, -0.15) is 0 Å². The Balaban J connectivity index is 1.99. The number of hydrogen-bond donors (Lipinski definition) is 2. The Bertz CT molecular complexity index is 722. The van der Waals surface area contributed by atoms with E-state index >= 15 is 0 Å². The molecule has 0 saturated carbocycles. The second-order valence-corrected chi connectivity index (χ2v) is 4.97. The lowest BCUT2D eigenvalue weighted by Crippen LogP contribution is -2.21. The molecule has 0 bridgehead atoms. The molecule has 4 heteroatoms. The minimum Gasteiger partial charge on any atom is -0.396 e. The Morgan fingerprint density at radius 1 is 0.857 bits per heavy atom. The Labute approximate surface area is 122 Å². The van der Waals surface area contributed by atoms with E-state index in [9.17, 15) is 9.59 Å². The fraction of sp³-hybridized carbons (Fsp3) is 0.176. The lowest BCUT2D eigenvalue weighted by atomic mass is 9.84. The van der Waals surface area contributed by atoms with Crippen LogP contribution in [0.3, 0.4) is 0 Å². The highest BCUT2D eigenvalue weighted by Crippen LogP contribution is 2.28. The number of carbonyl (C=O) groups is 2. The molecule has 21 heavy (non-hydrogen) atoms. The zero-order valence-corrected chi connectivity index (χ0v) is 11.4. The molecule has 0 fully saturated rings. The first-order valence-electron chi connectivity index (χ1n) is 6.89. The number of nitrogens with one attached hydrogen (secondary N) is 1. The number of rotatable bonds is 4. The lowest BCUT2D eigenvalue weighted by molar-refractivity contribution is 0.0979. The van der Waals surface area contributed by atoms with E-state index in [1.165, 1.54) is 0 Å². The molecule has 0 aromatic heterocycles. The third-order valence-corrected chi connectivity index (χ3v) is 3.59. The molecule has 2 N–H and O–H groups in total. The number of aliphatic hydroxyl groups excluding tert-OH is 1. The maximum atomic E-state index is 12.5.